The Morgan fingerprint density at radius 3 is 2.56 bits per heavy atom. The zero-order chi connectivity index (χ0) is 12.4. The molecule has 2 aliphatic carbocycles. The summed E-state index contributed by atoms with van der Waals surface area (Å²) in [7, 11) is 0. The fourth-order valence-electron chi connectivity index (χ4n) is 3.73. The van der Waals surface area contributed by atoms with Crippen molar-refractivity contribution in [3.8, 4) is 0 Å². The van der Waals surface area contributed by atoms with Gasteiger partial charge in [0.05, 0.1) is 0 Å². The third-order valence-electron chi connectivity index (χ3n) is 5.03. The van der Waals surface area contributed by atoms with Gasteiger partial charge in [-0.2, -0.15) is 11.8 Å². The molecule has 3 rings (SSSR count). The summed E-state index contributed by atoms with van der Waals surface area (Å²) in [6.45, 7) is 3.97. The normalized spacial score (nSPS) is 32.8. The Hall–Kier alpha value is 0.270. The van der Waals surface area contributed by atoms with Gasteiger partial charge in [0.1, 0.15) is 0 Å². The lowest BCUT2D eigenvalue weighted by molar-refractivity contribution is 0.253. The second-order valence-electron chi connectivity index (χ2n) is 6.61. The van der Waals surface area contributed by atoms with Crippen molar-refractivity contribution in [3.63, 3.8) is 0 Å². The summed E-state index contributed by atoms with van der Waals surface area (Å²) in [5.41, 5.74) is 0. The summed E-state index contributed by atoms with van der Waals surface area (Å²) in [5.74, 6) is 0. The second kappa shape index (κ2) is 5.72. The topological polar surface area (TPSA) is 15.3 Å². The van der Waals surface area contributed by atoms with E-state index < -0.39 is 0 Å². The van der Waals surface area contributed by atoms with Crippen molar-refractivity contribution in [2.45, 2.75) is 68.2 Å². The number of likely N-dealkylation sites (tertiary alicyclic amines) is 1. The lowest BCUT2D eigenvalue weighted by atomic mass is 9.88. The van der Waals surface area contributed by atoms with Crippen LogP contribution in [0.4, 0.5) is 0 Å². The first kappa shape index (κ1) is 13.3. The monoisotopic (exact) mass is 268 g/mol. The molecule has 3 fully saturated rings. The van der Waals surface area contributed by atoms with Crippen LogP contribution in [0.15, 0.2) is 0 Å². The van der Waals surface area contributed by atoms with E-state index in [1.165, 1.54) is 71.0 Å². The first-order valence-electron chi connectivity index (χ1n) is 7.83. The van der Waals surface area contributed by atoms with E-state index in [1.807, 2.05) is 0 Å². The van der Waals surface area contributed by atoms with E-state index in [1.54, 1.807) is 0 Å². The molecule has 1 atom stereocenters. The number of rotatable bonds is 5. The van der Waals surface area contributed by atoms with E-state index >= 15 is 0 Å². The van der Waals surface area contributed by atoms with E-state index in [2.05, 4.69) is 28.2 Å². The van der Waals surface area contributed by atoms with Gasteiger partial charge in [-0.25, -0.2) is 0 Å². The van der Waals surface area contributed by atoms with Gasteiger partial charge in [-0.1, -0.05) is 19.3 Å². The molecule has 104 valence electrons. The van der Waals surface area contributed by atoms with E-state index in [4.69, 9.17) is 0 Å². The van der Waals surface area contributed by atoms with Gasteiger partial charge < -0.3 is 10.2 Å². The first-order valence-corrected chi connectivity index (χ1v) is 9.06. The molecule has 1 unspecified atom stereocenters. The minimum absolute atomic E-state index is 0.590. The van der Waals surface area contributed by atoms with Crippen molar-refractivity contribution in [3.05, 3.63) is 0 Å². The standard InChI is InChI=1S/C15H28N2S/c1-18-15(8-3-2-4-9-15)12-17-10-7-14(11-17)16-13-5-6-13/h13-14,16H,2-12H2,1H3. The second-order valence-corrected chi connectivity index (χ2v) is 7.88. The van der Waals surface area contributed by atoms with Gasteiger partial charge in [-0.05, 0) is 44.9 Å². The number of nitrogens with one attached hydrogen (secondary N) is 1. The molecule has 0 bridgehead atoms. The van der Waals surface area contributed by atoms with Gasteiger partial charge in [0, 0.05) is 29.9 Å². The Labute approximate surface area is 116 Å². The van der Waals surface area contributed by atoms with E-state index in [-0.39, 0.29) is 0 Å². The third-order valence-corrected chi connectivity index (χ3v) is 6.43. The Balaban J connectivity index is 1.49. The van der Waals surface area contributed by atoms with Gasteiger partial charge in [-0.3, -0.25) is 0 Å². The molecule has 1 N–H and O–H groups in total. The molecule has 3 aliphatic rings. The highest BCUT2D eigenvalue weighted by Crippen LogP contribution is 2.39. The van der Waals surface area contributed by atoms with Crippen molar-refractivity contribution >= 4 is 11.8 Å². The minimum Gasteiger partial charge on any atom is -0.310 e. The van der Waals surface area contributed by atoms with Crippen LogP contribution in [0.5, 0.6) is 0 Å². The van der Waals surface area contributed by atoms with Crippen LogP contribution in [0, 0.1) is 0 Å². The fraction of sp³-hybridized carbons (Fsp3) is 1.00. The summed E-state index contributed by atoms with van der Waals surface area (Å²) in [6, 6.07) is 1.67. The molecule has 1 saturated heterocycles. The first-order chi connectivity index (χ1) is 8.80. The largest absolute Gasteiger partial charge is 0.310 e. The molecule has 0 aromatic heterocycles. The van der Waals surface area contributed by atoms with Crippen molar-refractivity contribution in [2.24, 2.45) is 0 Å². The van der Waals surface area contributed by atoms with Crippen LogP contribution in [0.1, 0.15) is 51.4 Å². The minimum atomic E-state index is 0.590. The van der Waals surface area contributed by atoms with E-state index in [0.717, 1.165) is 12.1 Å². The average Bonchev–Trinajstić information content (AvgIpc) is 3.10. The van der Waals surface area contributed by atoms with Crippen LogP contribution in [0.25, 0.3) is 0 Å². The Bertz CT molecular complexity index is 272. The molecule has 0 radical (unpaired) electrons. The van der Waals surface area contributed by atoms with Crippen LogP contribution >= 0.6 is 11.8 Å². The summed E-state index contributed by atoms with van der Waals surface area (Å²) >= 11 is 2.15. The summed E-state index contributed by atoms with van der Waals surface area (Å²) < 4.78 is 0.590. The maximum atomic E-state index is 3.80. The van der Waals surface area contributed by atoms with Crippen molar-refractivity contribution in [2.75, 3.05) is 25.9 Å². The van der Waals surface area contributed by atoms with Crippen LogP contribution in [-0.4, -0.2) is 47.6 Å². The Kier molecular flexibility index (Phi) is 4.21. The van der Waals surface area contributed by atoms with E-state index in [0.29, 0.717) is 4.75 Å². The lowest BCUT2D eigenvalue weighted by Gasteiger charge is -2.39. The van der Waals surface area contributed by atoms with Gasteiger partial charge in [0.15, 0.2) is 0 Å². The number of thioether (sulfide) groups is 1. The molecule has 18 heavy (non-hydrogen) atoms. The molecule has 0 aromatic carbocycles. The van der Waals surface area contributed by atoms with Gasteiger partial charge in [-0.15, -0.1) is 0 Å². The highest BCUT2D eigenvalue weighted by molar-refractivity contribution is 8.00. The van der Waals surface area contributed by atoms with Crippen LogP contribution in [0.3, 0.4) is 0 Å². The summed E-state index contributed by atoms with van der Waals surface area (Å²) in [6.07, 6.45) is 13.8. The maximum absolute atomic E-state index is 3.80. The van der Waals surface area contributed by atoms with Crippen molar-refractivity contribution in [1.29, 1.82) is 0 Å². The van der Waals surface area contributed by atoms with Crippen molar-refractivity contribution in [1.82, 2.24) is 10.2 Å². The highest BCUT2D eigenvalue weighted by Gasteiger charge is 2.36. The number of nitrogens with zero attached hydrogens (tertiary/aromatic N) is 1. The Morgan fingerprint density at radius 2 is 1.89 bits per heavy atom. The molecule has 2 saturated carbocycles. The fourth-order valence-corrected chi connectivity index (χ4v) is 4.73. The smallest absolute Gasteiger partial charge is 0.0284 e. The molecule has 1 heterocycles. The molecule has 1 aliphatic heterocycles. The zero-order valence-electron chi connectivity index (χ0n) is 11.8. The van der Waals surface area contributed by atoms with E-state index in [9.17, 15) is 0 Å². The van der Waals surface area contributed by atoms with Crippen molar-refractivity contribution < 1.29 is 0 Å². The quantitative estimate of drug-likeness (QED) is 0.825. The highest BCUT2D eigenvalue weighted by atomic mass is 32.2. The van der Waals surface area contributed by atoms with Crippen LogP contribution in [0.2, 0.25) is 0 Å². The molecular formula is C15H28N2S. The number of hydrogen-bond donors (Lipinski definition) is 1. The molecule has 2 nitrogen and oxygen atoms in total. The molecule has 3 heteroatoms. The zero-order valence-corrected chi connectivity index (χ0v) is 12.6. The van der Waals surface area contributed by atoms with Crippen LogP contribution < -0.4 is 5.32 Å². The van der Waals surface area contributed by atoms with Gasteiger partial charge >= 0.3 is 0 Å². The predicted octanol–water partition coefficient (Wildman–Crippen LogP) is 2.88. The van der Waals surface area contributed by atoms with Gasteiger partial charge in [0.2, 0.25) is 0 Å². The average molecular weight is 268 g/mol. The molecular weight excluding hydrogens is 240 g/mol. The molecule has 0 aromatic rings. The predicted molar refractivity (Wildman–Crippen MR) is 80.3 cm³/mol. The Morgan fingerprint density at radius 1 is 1.11 bits per heavy atom. The lowest BCUT2D eigenvalue weighted by Crippen LogP contribution is -2.42. The third kappa shape index (κ3) is 3.23. The number of hydrogen-bond acceptors (Lipinski definition) is 3. The summed E-state index contributed by atoms with van der Waals surface area (Å²) in [5, 5.41) is 3.80. The SMILES string of the molecule is CSC1(CN2CCC(NC3CC3)C2)CCCCC1. The molecule has 0 amide bonds. The maximum Gasteiger partial charge on any atom is 0.0284 e. The molecule has 0 spiro atoms. The van der Waals surface area contributed by atoms with Gasteiger partial charge in [0.25, 0.3) is 0 Å². The van der Waals surface area contributed by atoms with Crippen LogP contribution in [-0.2, 0) is 0 Å². The summed E-state index contributed by atoms with van der Waals surface area (Å²) in [4.78, 5) is 2.74.